The number of rotatable bonds is 3. The molecule has 0 radical (unpaired) electrons. The summed E-state index contributed by atoms with van der Waals surface area (Å²) in [5.41, 5.74) is 5.13. The molecule has 2 heteroatoms. The molecule has 0 amide bonds. The molecule has 0 aliphatic carbocycles. The molecule has 0 fully saturated rings. The van der Waals surface area contributed by atoms with Gasteiger partial charge in [-0.2, -0.15) is 0 Å². The van der Waals surface area contributed by atoms with Gasteiger partial charge in [0.05, 0.1) is 5.69 Å². The van der Waals surface area contributed by atoms with E-state index in [1.165, 1.54) is 5.56 Å². The maximum Gasteiger partial charge on any atom is 0.121 e. The van der Waals surface area contributed by atoms with E-state index in [9.17, 15) is 5.11 Å². The maximum atomic E-state index is 10.5. The second-order valence-corrected chi connectivity index (χ2v) is 4.66. The van der Waals surface area contributed by atoms with E-state index in [1.54, 1.807) is 6.20 Å². The second-order valence-electron chi connectivity index (χ2n) is 4.66. The van der Waals surface area contributed by atoms with Gasteiger partial charge in [0.2, 0.25) is 0 Å². The summed E-state index contributed by atoms with van der Waals surface area (Å²) in [4.78, 5) is 4.34. The van der Waals surface area contributed by atoms with Crippen LogP contribution in [-0.2, 0) is 6.42 Å². The van der Waals surface area contributed by atoms with Gasteiger partial charge in [-0.15, -0.1) is 0 Å². The number of hydrogen-bond acceptors (Lipinski definition) is 2. The number of aliphatic hydroxyl groups is 1. The first-order chi connectivity index (χ1) is 8.63. The Kier molecular flexibility index (Phi) is 3.78. The van der Waals surface area contributed by atoms with Crippen LogP contribution >= 0.6 is 0 Å². The minimum atomic E-state index is -0.637. The molecule has 0 aliphatic heterocycles. The molecule has 94 valence electrons. The van der Waals surface area contributed by atoms with Crippen molar-refractivity contribution in [2.24, 2.45) is 0 Å². The number of benzene rings is 1. The summed E-state index contributed by atoms with van der Waals surface area (Å²) >= 11 is 0. The smallest absolute Gasteiger partial charge is 0.121 e. The summed E-state index contributed by atoms with van der Waals surface area (Å²) in [6, 6.07) is 10.0. The lowest BCUT2D eigenvalue weighted by Gasteiger charge is -2.16. The van der Waals surface area contributed by atoms with Crippen molar-refractivity contribution < 1.29 is 5.11 Å². The van der Waals surface area contributed by atoms with Gasteiger partial charge >= 0.3 is 0 Å². The predicted octanol–water partition coefficient (Wildman–Crippen LogP) is 3.34. The molecule has 0 bridgehead atoms. The summed E-state index contributed by atoms with van der Waals surface area (Å²) in [7, 11) is 0. The van der Waals surface area contributed by atoms with Crippen LogP contribution in [0.4, 0.5) is 0 Å². The highest BCUT2D eigenvalue weighted by molar-refractivity contribution is 5.37. The van der Waals surface area contributed by atoms with E-state index < -0.39 is 6.10 Å². The van der Waals surface area contributed by atoms with Crippen LogP contribution in [0.15, 0.2) is 36.5 Å². The molecular weight excluding hydrogens is 222 g/mol. The van der Waals surface area contributed by atoms with Gasteiger partial charge < -0.3 is 5.11 Å². The Morgan fingerprint density at radius 2 is 2.00 bits per heavy atom. The average molecular weight is 241 g/mol. The van der Waals surface area contributed by atoms with Crippen LogP contribution in [0, 0.1) is 13.8 Å². The molecule has 2 rings (SSSR count). The molecular formula is C16H19NO. The van der Waals surface area contributed by atoms with Crippen molar-refractivity contribution in [3.05, 3.63) is 64.5 Å². The monoisotopic (exact) mass is 241 g/mol. The van der Waals surface area contributed by atoms with Crippen molar-refractivity contribution in [1.82, 2.24) is 4.98 Å². The third-order valence-corrected chi connectivity index (χ3v) is 3.29. The minimum Gasteiger partial charge on any atom is -0.382 e. The molecule has 1 heterocycles. The first-order valence-corrected chi connectivity index (χ1v) is 6.32. The molecule has 1 aromatic carbocycles. The van der Waals surface area contributed by atoms with Crippen LogP contribution in [0.5, 0.6) is 0 Å². The molecule has 1 atom stereocenters. The zero-order valence-electron chi connectivity index (χ0n) is 11.1. The zero-order valence-corrected chi connectivity index (χ0v) is 11.1. The summed E-state index contributed by atoms with van der Waals surface area (Å²) in [6.07, 6.45) is 1.98. The van der Waals surface area contributed by atoms with Crippen LogP contribution in [0.25, 0.3) is 0 Å². The Morgan fingerprint density at radius 1 is 1.22 bits per heavy atom. The van der Waals surface area contributed by atoms with E-state index in [0.717, 1.165) is 28.8 Å². The van der Waals surface area contributed by atoms with Gasteiger partial charge in [0.15, 0.2) is 0 Å². The number of nitrogens with zero attached hydrogens (tertiary/aromatic N) is 1. The summed E-state index contributed by atoms with van der Waals surface area (Å²) < 4.78 is 0. The number of aliphatic hydroxyl groups excluding tert-OH is 1. The van der Waals surface area contributed by atoms with Gasteiger partial charge in [-0.3, -0.25) is 4.98 Å². The Labute approximate surface area is 108 Å². The van der Waals surface area contributed by atoms with Crippen LogP contribution in [0.1, 0.15) is 41.0 Å². The lowest BCUT2D eigenvalue weighted by Crippen LogP contribution is -2.07. The van der Waals surface area contributed by atoms with E-state index in [0.29, 0.717) is 0 Å². The third-order valence-electron chi connectivity index (χ3n) is 3.29. The number of hydrogen-bond donors (Lipinski definition) is 1. The third kappa shape index (κ3) is 2.44. The standard InChI is InChI=1S/C16H19NO/c1-4-13-6-5-9-17-15(13)16(18)14-8-7-11(2)10-12(14)3/h5-10,16,18H,4H2,1-3H3. The molecule has 0 saturated heterocycles. The predicted molar refractivity (Wildman–Crippen MR) is 73.6 cm³/mol. The highest BCUT2D eigenvalue weighted by Crippen LogP contribution is 2.26. The van der Waals surface area contributed by atoms with Crippen molar-refractivity contribution in [3.8, 4) is 0 Å². The minimum absolute atomic E-state index is 0.637. The van der Waals surface area contributed by atoms with Crippen molar-refractivity contribution in [1.29, 1.82) is 0 Å². The Morgan fingerprint density at radius 3 is 2.67 bits per heavy atom. The number of aryl methyl sites for hydroxylation is 3. The summed E-state index contributed by atoms with van der Waals surface area (Å²) in [5.74, 6) is 0. The molecule has 18 heavy (non-hydrogen) atoms. The van der Waals surface area contributed by atoms with Crippen LogP contribution in [-0.4, -0.2) is 10.1 Å². The second kappa shape index (κ2) is 5.32. The van der Waals surface area contributed by atoms with E-state index in [-0.39, 0.29) is 0 Å². The van der Waals surface area contributed by atoms with Gasteiger partial charge in [0, 0.05) is 6.20 Å². The van der Waals surface area contributed by atoms with E-state index >= 15 is 0 Å². The topological polar surface area (TPSA) is 33.1 Å². The van der Waals surface area contributed by atoms with Gasteiger partial charge in [-0.05, 0) is 43.0 Å². The lowest BCUT2D eigenvalue weighted by molar-refractivity contribution is 0.213. The molecule has 2 aromatic rings. The molecule has 0 aliphatic rings. The van der Waals surface area contributed by atoms with Gasteiger partial charge in [-0.1, -0.05) is 36.8 Å². The van der Waals surface area contributed by atoms with Crippen molar-refractivity contribution in [2.75, 3.05) is 0 Å². The van der Waals surface area contributed by atoms with Crippen LogP contribution in [0.2, 0.25) is 0 Å². The fraction of sp³-hybridized carbons (Fsp3) is 0.312. The first kappa shape index (κ1) is 12.8. The van der Waals surface area contributed by atoms with Gasteiger partial charge in [-0.25, -0.2) is 0 Å². The van der Waals surface area contributed by atoms with Crippen molar-refractivity contribution in [2.45, 2.75) is 33.3 Å². The van der Waals surface area contributed by atoms with Crippen molar-refractivity contribution in [3.63, 3.8) is 0 Å². The Bertz CT molecular complexity index is 549. The Balaban J connectivity index is 2.44. The largest absolute Gasteiger partial charge is 0.382 e. The van der Waals surface area contributed by atoms with Crippen LogP contribution in [0.3, 0.4) is 0 Å². The molecule has 0 saturated carbocycles. The summed E-state index contributed by atoms with van der Waals surface area (Å²) in [5, 5.41) is 10.5. The van der Waals surface area contributed by atoms with E-state index in [2.05, 4.69) is 24.9 Å². The van der Waals surface area contributed by atoms with Crippen molar-refractivity contribution >= 4 is 0 Å². The molecule has 2 nitrogen and oxygen atoms in total. The Hall–Kier alpha value is -1.67. The van der Waals surface area contributed by atoms with E-state index in [4.69, 9.17) is 0 Å². The van der Waals surface area contributed by atoms with Crippen LogP contribution < -0.4 is 0 Å². The number of aromatic nitrogens is 1. The fourth-order valence-electron chi connectivity index (χ4n) is 2.28. The van der Waals surface area contributed by atoms with Gasteiger partial charge in [0.25, 0.3) is 0 Å². The number of pyridine rings is 1. The normalized spacial score (nSPS) is 12.4. The first-order valence-electron chi connectivity index (χ1n) is 6.32. The maximum absolute atomic E-state index is 10.5. The molecule has 1 N–H and O–H groups in total. The van der Waals surface area contributed by atoms with Gasteiger partial charge in [0.1, 0.15) is 6.10 Å². The highest BCUT2D eigenvalue weighted by atomic mass is 16.3. The average Bonchev–Trinajstić information content (AvgIpc) is 2.38. The molecule has 1 aromatic heterocycles. The molecule has 1 unspecified atom stereocenters. The molecule has 0 spiro atoms. The van der Waals surface area contributed by atoms with E-state index in [1.807, 2.05) is 31.2 Å². The fourth-order valence-corrected chi connectivity index (χ4v) is 2.28. The lowest BCUT2D eigenvalue weighted by atomic mass is 9.96. The SMILES string of the molecule is CCc1cccnc1C(O)c1ccc(C)cc1C. The zero-order chi connectivity index (χ0) is 13.1. The highest BCUT2D eigenvalue weighted by Gasteiger charge is 2.16. The summed E-state index contributed by atoms with van der Waals surface area (Å²) in [6.45, 7) is 6.16. The quantitative estimate of drug-likeness (QED) is 0.894.